The molecule has 0 amide bonds. The van der Waals surface area contributed by atoms with Crippen LogP contribution in [0.4, 0.5) is 0 Å². The molecule has 0 saturated carbocycles. The van der Waals surface area contributed by atoms with E-state index in [9.17, 15) is 0 Å². The van der Waals surface area contributed by atoms with Gasteiger partial charge in [-0.25, -0.2) is 4.98 Å². The predicted octanol–water partition coefficient (Wildman–Crippen LogP) is 2.61. The number of aromatic nitrogens is 1. The summed E-state index contributed by atoms with van der Waals surface area (Å²) in [5.74, 6) is 0. The SMILES string of the molecule is CCOCCN(CCOCC)Cc1cccnc1Cl. The zero-order valence-electron chi connectivity index (χ0n) is 11.8. The number of pyridine rings is 1. The van der Waals surface area contributed by atoms with E-state index in [4.69, 9.17) is 21.1 Å². The summed E-state index contributed by atoms with van der Waals surface area (Å²) < 4.78 is 10.8. The van der Waals surface area contributed by atoms with Gasteiger partial charge in [-0.2, -0.15) is 0 Å². The smallest absolute Gasteiger partial charge is 0.133 e. The Balaban J connectivity index is 2.49. The quantitative estimate of drug-likeness (QED) is 0.489. The van der Waals surface area contributed by atoms with Gasteiger partial charge in [0.1, 0.15) is 5.15 Å². The van der Waals surface area contributed by atoms with E-state index in [1.165, 1.54) is 0 Å². The normalized spacial score (nSPS) is 11.2. The van der Waals surface area contributed by atoms with Crippen LogP contribution in [0.15, 0.2) is 18.3 Å². The fourth-order valence-corrected chi connectivity index (χ4v) is 1.90. The average Bonchev–Trinajstić information content (AvgIpc) is 2.41. The fourth-order valence-electron chi connectivity index (χ4n) is 1.72. The molecule has 0 aliphatic heterocycles. The molecule has 0 atom stereocenters. The minimum absolute atomic E-state index is 0.570. The van der Waals surface area contributed by atoms with Crippen LogP contribution < -0.4 is 0 Å². The first-order chi connectivity index (χ1) is 9.27. The van der Waals surface area contributed by atoms with Crippen molar-refractivity contribution >= 4 is 11.6 Å². The Hall–Kier alpha value is -0.680. The molecular weight excluding hydrogens is 264 g/mol. The Morgan fingerprint density at radius 2 is 1.79 bits per heavy atom. The molecule has 19 heavy (non-hydrogen) atoms. The first kappa shape index (κ1) is 16.4. The second kappa shape index (κ2) is 10.1. The van der Waals surface area contributed by atoms with Crippen LogP contribution in [0, 0.1) is 0 Å². The molecule has 0 fully saturated rings. The fraction of sp³-hybridized carbons (Fsp3) is 0.643. The molecule has 5 heteroatoms. The number of halogens is 1. The summed E-state index contributed by atoms with van der Waals surface area (Å²) in [6.07, 6.45) is 1.70. The standard InChI is InChI=1S/C14H23ClN2O2/c1-3-18-10-8-17(9-11-19-4-2)12-13-6-5-7-16-14(13)15/h5-7H,3-4,8-12H2,1-2H3. The third-order valence-corrected chi connectivity index (χ3v) is 3.08. The monoisotopic (exact) mass is 286 g/mol. The Labute approximate surface area is 120 Å². The third-order valence-electron chi connectivity index (χ3n) is 2.74. The van der Waals surface area contributed by atoms with Gasteiger partial charge in [-0.15, -0.1) is 0 Å². The lowest BCUT2D eigenvalue weighted by Crippen LogP contribution is -2.31. The lowest BCUT2D eigenvalue weighted by Gasteiger charge is -2.22. The molecule has 0 N–H and O–H groups in total. The molecule has 0 aliphatic rings. The molecule has 0 radical (unpaired) electrons. The molecule has 0 saturated heterocycles. The number of hydrogen-bond acceptors (Lipinski definition) is 4. The lowest BCUT2D eigenvalue weighted by atomic mass is 10.2. The maximum absolute atomic E-state index is 6.09. The second-order valence-electron chi connectivity index (χ2n) is 4.12. The van der Waals surface area contributed by atoms with Gasteiger partial charge in [-0.05, 0) is 19.9 Å². The summed E-state index contributed by atoms with van der Waals surface area (Å²) in [6.45, 7) is 9.44. The van der Waals surface area contributed by atoms with Crippen molar-refractivity contribution in [2.24, 2.45) is 0 Å². The van der Waals surface area contributed by atoms with E-state index < -0.39 is 0 Å². The van der Waals surface area contributed by atoms with Crippen molar-refractivity contribution in [1.82, 2.24) is 9.88 Å². The largest absolute Gasteiger partial charge is 0.380 e. The van der Waals surface area contributed by atoms with E-state index in [0.717, 1.165) is 51.6 Å². The van der Waals surface area contributed by atoms with Crippen molar-refractivity contribution in [3.8, 4) is 0 Å². The molecule has 1 aromatic rings. The van der Waals surface area contributed by atoms with Gasteiger partial charge in [-0.1, -0.05) is 17.7 Å². The molecule has 0 bridgehead atoms. The predicted molar refractivity (Wildman–Crippen MR) is 77.5 cm³/mol. The summed E-state index contributed by atoms with van der Waals surface area (Å²) in [4.78, 5) is 6.37. The molecule has 1 heterocycles. The van der Waals surface area contributed by atoms with Crippen LogP contribution in [0.2, 0.25) is 5.15 Å². The summed E-state index contributed by atoms with van der Waals surface area (Å²) in [6, 6.07) is 3.91. The number of nitrogens with zero attached hydrogens (tertiary/aromatic N) is 2. The number of rotatable bonds is 10. The van der Waals surface area contributed by atoms with Crippen LogP contribution >= 0.6 is 11.6 Å². The lowest BCUT2D eigenvalue weighted by molar-refractivity contribution is 0.0797. The molecule has 0 aliphatic carbocycles. The van der Waals surface area contributed by atoms with Gasteiger partial charge in [0, 0.05) is 44.6 Å². The van der Waals surface area contributed by atoms with E-state index in [-0.39, 0.29) is 0 Å². The average molecular weight is 287 g/mol. The van der Waals surface area contributed by atoms with Crippen molar-refractivity contribution in [2.45, 2.75) is 20.4 Å². The van der Waals surface area contributed by atoms with Gasteiger partial charge >= 0.3 is 0 Å². The van der Waals surface area contributed by atoms with Crippen molar-refractivity contribution in [2.75, 3.05) is 39.5 Å². The minimum atomic E-state index is 0.570. The van der Waals surface area contributed by atoms with Crippen molar-refractivity contribution in [1.29, 1.82) is 0 Å². The number of hydrogen-bond donors (Lipinski definition) is 0. The Bertz CT molecular complexity index is 340. The third kappa shape index (κ3) is 6.87. The molecule has 108 valence electrons. The van der Waals surface area contributed by atoms with Crippen molar-refractivity contribution in [3.63, 3.8) is 0 Å². The van der Waals surface area contributed by atoms with E-state index in [0.29, 0.717) is 5.15 Å². The Morgan fingerprint density at radius 3 is 2.32 bits per heavy atom. The van der Waals surface area contributed by atoms with Crippen molar-refractivity contribution < 1.29 is 9.47 Å². The Morgan fingerprint density at radius 1 is 1.16 bits per heavy atom. The van der Waals surface area contributed by atoms with Gasteiger partial charge in [0.05, 0.1) is 13.2 Å². The van der Waals surface area contributed by atoms with Gasteiger partial charge in [0.2, 0.25) is 0 Å². The summed E-state index contributed by atoms with van der Waals surface area (Å²) in [7, 11) is 0. The van der Waals surface area contributed by atoms with Crippen LogP contribution in [0.25, 0.3) is 0 Å². The molecule has 1 aromatic heterocycles. The highest BCUT2D eigenvalue weighted by Gasteiger charge is 2.09. The minimum Gasteiger partial charge on any atom is -0.380 e. The van der Waals surface area contributed by atoms with Crippen molar-refractivity contribution in [3.05, 3.63) is 29.0 Å². The van der Waals surface area contributed by atoms with Crippen LogP contribution in [-0.4, -0.2) is 49.4 Å². The van der Waals surface area contributed by atoms with Crippen LogP contribution in [-0.2, 0) is 16.0 Å². The topological polar surface area (TPSA) is 34.6 Å². The number of ether oxygens (including phenoxy) is 2. The van der Waals surface area contributed by atoms with E-state index in [1.807, 2.05) is 26.0 Å². The highest BCUT2D eigenvalue weighted by atomic mass is 35.5. The molecule has 0 spiro atoms. The van der Waals surface area contributed by atoms with E-state index >= 15 is 0 Å². The highest BCUT2D eigenvalue weighted by Crippen LogP contribution is 2.13. The van der Waals surface area contributed by atoms with Crippen LogP contribution in [0.5, 0.6) is 0 Å². The highest BCUT2D eigenvalue weighted by molar-refractivity contribution is 6.30. The summed E-state index contributed by atoms with van der Waals surface area (Å²) in [5.41, 5.74) is 1.04. The first-order valence-corrected chi connectivity index (χ1v) is 7.13. The van der Waals surface area contributed by atoms with Crippen LogP contribution in [0.1, 0.15) is 19.4 Å². The van der Waals surface area contributed by atoms with Gasteiger partial charge in [0.15, 0.2) is 0 Å². The second-order valence-corrected chi connectivity index (χ2v) is 4.48. The first-order valence-electron chi connectivity index (χ1n) is 6.75. The molecule has 0 aromatic carbocycles. The van der Waals surface area contributed by atoms with Gasteiger partial charge in [-0.3, -0.25) is 4.90 Å². The molecule has 4 nitrogen and oxygen atoms in total. The zero-order chi connectivity index (χ0) is 13.9. The molecular formula is C14H23ClN2O2. The maximum atomic E-state index is 6.09. The zero-order valence-corrected chi connectivity index (χ0v) is 12.5. The van der Waals surface area contributed by atoms with E-state index in [2.05, 4.69) is 9.88 Å². The van der Waals surface area contributed by atoms with Gasteiger partial charge in [0.25, 0.3) is 0 Å². The van der Waals surface area contributed by atoms with Gasteiger partial charge < -0.3 is 9.47 Å². The molecule has 1 rings (SSSR count). The van der Waals surface area contributed by atoms with Crippen LogP contribution in [0.3, 0.4) is 0 Å². The summed E-state index contributed by atoms with van der Waals surface area (Å²) in [5, 5.41) is 0.570. The van der Waals surface area contributed by atoms with E-state index in [1.54, 1.807) is 6.20 Å². The maximum Gasteiger partial charge on any atom is 0.133 e. The summed E-state index contributed by atoms with van der Waals surface area (Å²) >= 11 is 6.09. The molecule has 0 unspecified atom stereocenters. The Kier molecular flexibility index (Phi) is 8.75.